The Kier molecular flexibility index (Phi) is 6.25. The maximum absolute atomic E-state index is 10.3. The molecule has 0 aromatic heterocycles. The van der Waals surface area contributed by atoms with E-state index >= 15 is 0 Å². The highest BCUT2D eigenvalue weighted by atomic mass is 16.3. The van der Waals surface area contributed by atoms with E-state index in [1.54, 1.807) is 6.07 Å². The number of hydrogen-bond acceptors (Lipinski definition) is 2. The van der Waals surface area contributed by atoms with E-state index < -0.39 is 0 Å². The zero-order valence-corrected chi connectivity index (χ0v) is 14.7. The largest absolute Gasteiger partial charge is 0.508 e. The number of allylic oxidation sites excluding steroid dienone is 4. The van der Waals surface area contributed by atoms with Crippen molar-refractivity contribution >= 4 is 0 Å². The molecule has 0 bridgehead atoms. The number of hydrogen-bond donors (Lipinski definition) is 2. The van der Waals surface area contributed by atoms with Gasteiger partial charge in [0.05, 0.1) is 0 Å². The van der Waals surface area contributed by atoms with E-state index in [0.717, 1.165) is 29.5 Å². The van der Waals surface area contributed by atoms with Crippen LogP contribution in [0, 0.1) is 0 Å². The van der Waals surface area contributed by atoms with Crippen LogP contribution in [-0.4, -0.2) is 10.2 Å². The molecule has 0 amide bonds. The Hall–Kier alpha value is -2.48. The molecular formula is C22H26O2. The van der Waals surface area contributed by atoms with E-state index in [2.05, 4.69) is 32.9 Å². The van der Waals surface area contributed by atoms with E-state index in [1.165, 1.54) is 17.2 Å². The molecule has 2 aromatic carbocycles. The Bertz CT molecular complexity index is 736. The minimum absolute atomic E-state index is 0.0827. The van der Waals surface area contributed by atoms with E-state index in [4.69, 9.17) is 0 Å². The van der Waals surface area contributed by atoms with Crippen LogP contribution >= 0.6 is 0 Å². The first-order chi connectivity index (χ1) is 11.5. The lowest BCUT2D eigenvalue weighted by Gasteiger charge is -2.12. The van der Waals surface area contributed by atoms with Crippen LogP contribution in [0.5, 0.6) is 11.5 Å². The zero-order chi connectivity index (χ0) is 17.5. The van der Waals surface area contributed by atoms with Crippen LogP contribution in [0.15, 0.2) is 65.8 Å². The second-order valence-electron chi connectivity index (χ2n) is 6.43. The Balaban J connectivity index is 2.25. The highest BCUT2D eigenvalue weighted by Gasteiger charge is 2.11. The van der Waals surface area contributed by atoms with Gasteiger partial charge < -0.3 is 10.2 Å². The molecule has 0 heterocycles. The van der Waals surface area contributed by atoms with E-state index in [0.29, 0.717) is 6.42 Å². The van der Waals surface area contributed by atoms with Crippen molar-refractivity contribution < 1.29 is 10.2 Å². The minimum Gasteiger partial charge on any atom is -0.508 e. The van der Waals surface area contributed by atoms with Crippen molar-refractivity contribution in [3.63, 3.8) is 0 Å². The molecule has 0 unspecified atom stereocenters. The zero-order valence-electron chi connectivity index (χ0n) is 14.7. The van der Waals surface area contributed by atoms with E-state index in [9.17, 15) is 10.2 Å². The number of phenolic OH excluding ortho intramolecular Hbond substituents is 2. The monoisotopic (exact) mass is 322 g/mol. The summed E-state index contributed by atoms with van der Waals surface area (Å²) in [4.78, 5) is 0. The maximum atomic E-state index is 10.3. The molecule has 2 N–H and O–H groups in total. The second-order valence-corrected chi connectivity index (χ2v) is 6.43. The first-order valence-corrected chi connectivity index (χ1v) is 8.36. The van der Waals surface area contributed by atoms with Crippen molar-refractivity contribution in [3.8, 4) is 22.6 Å². The first kappa shape index (κ1) is 17.9. The van der Waals surface area contributed by atoms with Gasteiger partial charge in [0.15, 0.2) is 0 Å². The lowest BCUT2D eigenvalue weighted by atomic mass is 9.95. The number of benzene rings is 2. The highest BCUT2D eigenvalue weighted by Crippen LogP contribution is 2.35. The molecule has 0 aliphatic heterocycles. The third-order valence-corrected chi connectivity index (χ3v) is 4.04. The minimum atomic E-state index is 0.0827. The lowest BCUT2D eigenvalue weighted by Crippen LogP contribution is -1.91. The van der Waals surface area contributed by atoms with Crippen molar-refractivity contribution in [1.82, 2.24) is 0 Å². The SMILES string of the molecule is CC(C)=CCC/C(C)=C\Cc1c(O)cc(O)cc1-c1ccccc1. The topological polar surface area (TPSA) is 40.5 Å². The molecule has 0 atom stereocenters. The molecule has 2 heteroatoms. The van der Waals surface area contributed by atoms with Crippen LogP contribution < -0.4 is 0 Å². The van der Waals surface area contributed by atoms with Crippen molar-refractivity contribution in [3.05, 3.63) is 71.3 Å². The summed E-state index contributed by atoms with van der Waals surface area (Å²) in [7, 11) is 0. The fourth-order valence-corrected chi connectivity index (χ4v) is 2.70. The van der Waals surface area contributed by atoms with Crippen LogP contribution in [0.25, 0.3) is 11.1 Å². The number of rotatable bonds is 6. The molecule has 2 rings (SSSR count). The van der Waals surface area contributed by atoms with Gasteiger partial charge in [-0.05, 0) is 57.2 Å². The lowest BCUT2D eigenvalue weighted by molar-refractivity contribution is 0.447. The van der Waals surface area contributed by atoms with Crippen molar-refractivity contribution in [2.24, 2.45) is 0 Å². The van der Waals surface area contributed by atoms with E-state index in [1.807, 2.05) is 30.3 Å². The van der Waals surface area contributed by atoms with Gasteiger partial charge in [-0.25, -0.2) is 0 Å². The molecule has 0 radical (unpaired) electrons. The Morgan fingerprint density at radius 3 is 2.33 bits per heavy atom. The van der Waals surface area contributed by atoms with E-state index in [-0.39, 0.29) is 11.5 Å². The fraction of sp³-hybridized carbons (Fsp3) is 0.273. The summed E-state index contributed by atoms with van der Waals surface area (Å²) in [5.74, 6) is 0.224. The normalized spacial score (nSPS) is 11.4. The molecule has 126 valence electrons. The predicted molar refractivity (Wildman–Crippen MR) is 101 cm³/mol. The molecule has 0 fully saturated rings. The molecule has 0 spiro atoms. The van der Waals surface area contributed by atoms with Crippen LogP contribution in [0.1, 0.15) is 39.2 Å². The van der Waals surface area contributed by atoms with Gasteiger partial charge in [-0.2, -0.15) is 0 Å². The van der Waals surface area contributed by atoms with Gasteiger partial charge in [0.2, 0.25) is 0 Å². The smallest absolute Gasteiger partial charge is 0.123 e. The summed E-state index contributed by atoms with van der Waals surface area (Å²) in [6.07, 6.45) is 7.11. The number of phenols is 2. The third kappa shape index (κ3) is 5.02. The summed E-state index contributed by atoms with van der Waals surface area (Å²) in [5, 5.41) is 20.1. The molecule has 2 aromatic rings. The summed E-state index contributed by atoms with van der Waals surface area (Å²) < 4.78 is 0. The quantitative estimate of drug-likeness (QED) is 0.640. The highest BCUT2D eigenvalue weighted by molar-refractivity contribution is 5.72. The molecule has 2 nitrogen and oxygen atoms in total. The standard InChI is InChI=1S/C22H26O2/c1-16(2)8-7-9-17(3)12-13-20-21(14-19(23)15-22(20)24)18-10-5-4-6-11-18/h4-6,8,10-12,14-15,23-24H,7,9,13H2,1-3H3/b17-12-. The fourth-order valence-electron chi connectivity index (χ4n) is 2.70. The molecule has 0 aliphatic carbocycles. The van der Waals surface area contributed by atoms with Gasteiger partial charge >= 0.3 is 0 Å². The molecule has 0 saturated heterocycles. The summed E-state index contributed by atoms with van der Waals surface area (Å²) in [6.45, 7) is 6.35. The van der Waals surface area contributed by atoms with Gasteiger partial charge in [-0.15, -0.1) is 0 Å². The summed E-state index contributed by atoms with van der Waals surface area (Å²) >= 11 is 0. The Morgan fingerprint density at radius 2 is 1.67 bits per heavy atom. The summed E-state index contributed by atoms with van der Waals surface area (Å²) in [5.41, 5.74) is 5.36. The first-order valence-electron chi connectivity index (χ1n) is 8.36. The average Bonchev–Trinajstić information content (AvgIpc) is 2.54. The van der Waals surface area contributed by atoms with Gasteiger partial charge in [0.25, 0.3) is 0 Å². The van der Waals surface area contributed by atoms with Crippen LogP contribution in [0.2, 0.25) is 0 Å². The van der Waals surface area contributed by atoms with Crippen molar-refractivity contribution in [2.45, 2.75) is 40.0 Å². The summed E-state index contributed by atoms with van der Waals surface area (Å²) in [6, 6.07) is 13.0. The Labute approximate surface area is 144 Å². The average molecular weight is 322 g/mol. The van der Waals surface area contributed by atoms with Gasteiger partial charge in [-0.1, -0.05) is 53.6 Å². The molecular weight excluding hydrogens is 296 g/mol. The number of aromatic hydroxyl groups is 2. The van der Waals surface area contributed by atoms with Crippen LogP contribution in [0.4, 0.5) is 0 Å². The van der Waals surface area contributed by atoms with Gasteiger partial charge in [0, 0.05) is 11.6 Å². The molecule has 0 aliphatic rings. The second kappa shape index (κ2) is 8.39. The Morgan fingerprint density at radius 1 is 0.958 bits per heavy atom. The van der Waals surface area contributed by atoms with Gasteiger partial charge in [-0.3, -0.25) is 0 Å². The predicted octanol–water partition coefficient (Wildman–Crippen LogP) is 6.00. The van der Waals surface area contributed by atoms with Crippen LogP contribution in [0.3, 0.4) is 0 Å². The molecule has 24 heavy (non-hydrogen) atoms. The molecule has 0 saturated carbocycles. The maximum Gasteiger partial charge on any atom is 0.123 e. The van der Waals surface area contributed by atoms with Crippen molar-refractivity contribution in [1.29, 1.82) is 0 Å². The van der Waals surface area contributed by atoms with Crippen molar-refractivity contribution in [2.75, 3.05) is 0 Å². The van der Waals surface area contributed by atoms with Gasteiger partial charge in [0.1, 0.15) is 11.5 Å². The third-order valence-electron chi connectivity index (χ3n) is 4.04. The van der Waals surface area contributed by atoms with Crippen LogP contribution in [-0.2, 0) is 6.42 Å².